The van der Waals surface area contributed by atoms with Crippen molar-refractivity contribution in [2.45, 2.75) is 44.8 Å². The van der Waals surface area contributed by atoms with Gasteiger partial charge in [0, 0.05) is 31.7 Å². The molecule has 6 nitrogen and oxygen atoms in total. The summed E-state index contributed by atoms with van der Waals surface area (Å²) in [6, 6.07) is 5.94. The van der Waals surface area contributed by atoms with Crippen molar-refractivity contribution in [3.63, 3.8) is 0 Å². The molecule has 1 heterocycles. The monoisotopic (exact) mass is 404 g/mol. The first kappa shape index (κ1) is 22.1. The molecule has 2 aliphatic rings. The van der Waals surface area contributed by atoms with E-state index in [0.29, 0.717) is 12.3 Å². The highest BCUT2D eigenvalue weighted by Gasteiger charge is 2.17. The number of hydrogen-bond acceptors (Lipinski definition) is 6. The van der Waals surface area contributed by atoms with Crippen molar-refractivity contribution in [2.75, 3.05) is 53.1 Å². The molecule has 0 aromatic heterocycles. The number of nitrogens with one attached hydrogen (secondary N) is 1. The molecule has 29 heavy (non-hydrogen) atoms. The zero-order valence-corrected chi connectivity index (χ0v) is 17.7. The smallest absolute Gasteiger partial charge is 0.165 e. The molecule has 0 saturated carbocycles. The summed E-state index contributed by atoms with van der Waals surface area (Å²) >= 11 is 0. The van der Waals surface area contributed by atoms with Gasteiger partial charge in [-0.3, -0.25) is 4.90 Å². The van der Waals surface area contributed by atoms with Crippen LogP contribution >= 0.6 is 0 Å². The molecule has 1 saturated heterocycles. The predicted octanol–water partition coefficient (Wildman–Crippen LogP) is 2.75. The van der Waals surface area contributed by atoms with Crippen molar-refractivity contribution in [1.29, 1.82) is 0 Å². The van der Waals surface area contributed by atoms with E-state index < -0.39 is 6.10 Å². The molecule has 0 spiro atoms. The maximum atomic E-state index is 10.4. The lowest BCUT2D eigenvalue weighted by Crippen LogP contribution is -2.42. The summed E-state index contributed by atoms with van der Waals surface area (Å²) in [5, 5.41) is 13.9. The van der Waals surface area contributed by atoms with Crippen LogP contribution in [0.25, 0.3) is 0 Å². The number of aliphatic hydroxyl groups is 1. The average molecular weight is 405 g/mol. The van der Waals surface area contributed by atoms with Crippen LogP contribution in [0.15, 0.2) is 29.8 Å². The minimum atomic E-state index is -0.544. The van der Waals surface area contributed by atoms with Crippen molar-refractivity contribution >= 4 is 0 Å². The number of allylic oxidation sites excluding steroid dienone is 1. The van der Waals surface area contributed by atoms with Crippen LogP contribution in [0.3, 0.4) is 0 Å². The minimum Gasteiger partial charge on any atom is -0.493 e. The molecule has 6 heteroatoms. The Morgan fingerprint density at radius 3 is 2.86 bits per heavy atom. The largest absolute Gasteiger partial charge is 0.493 e. The van der Waals surface area contributed by atoms with E-state index >= 15 is 0 Å². The quantitative estimate of drug-likeness (QED) is 0.437. The predicted molar refractivity (Wildman–Crippen MR) is 115 cm³/mol. The lowest BCUT2D eigenvalue weighted by molar-refractivity contribution is 0.00436. The van der Waals surface area contributed by atoms with E-state index in [1.807, 2.05) is 12.1 Å². The number of aliphatic hydroxyl groups excluding tert-OH is 1. The van der Waals surface area contributed by atoms with Gasteiger partial charge in [0.2, 0.25) is 0 Å². The Morgan fingerprint density at radius 1 is 1.24 bits per heavy atom. The Balaban J connectivity index is 1.49. The summed E-state index contributed by atoms with van der Waals surface area (Å²) in [7, 11) is 1.65. The maximum Gasteiger partial charge on any atom is 0.165 e. The standard InChI is InChI=1S/C23H36N2O4/c1-27-22-9-5-8-20(16-24-11-10-19-6-3-2-4-7-19)23(22)29-18-21(26)17-25-12-14-28-15-13-25/h5-6,8-9,21,24,26H,2-4,7,10-18H2,1H3. The van der Waals surface area contributed by atoms with Crippen molar-refractivity contribution < 1.29 is 19.3 Å². The van der Waals surface area contributed by atoms with Crippen molar-refractivity contribution in [2.24, 2.45) is 0 Å². The van der Waals surface area contributed by atoms with Crippen LogP contribution < -0.4 is 14.8 Å². The fourth-order valence-corrected chi connectivity index (χ4v) is 3.94. The van der Waals surface area contributed by atoms with Gasteiger partial charge in [0.05, 0.1) is 20.3 Å². The minimum absolute atomic E-state index is 0.248. The van der Waals surface area contributed by atoms with Gasteiger partial charge in [-0.25, -0.2) is 0 Å². The van der Waals surface area contributed by atoms with Gasteiger partial charge in [0.15, 0.2) is 11.5 Å². The van der Waals surface area contributed by atoms with Crippen LogP contribution in [0.4, 0.5) is 0 Å². The first-order valence-corrected chi connectivity index (χ1v) is 10.9. The van der Waals surface area contributed by atoms with Crippen molar-refractivity contribution in [3.8, 4) is 11.5 Å². The summed E-state index contributed by atoms with van der Waals surface area (Å²) in [6.45, 7) is 5.70. The van der Waals surface area contributed by atoms with Gasteiger partial charge in [0.25, 0.3) is 0 Å². The number of benzene rings is 1. The number of ether oxygens (including phenoxy) is 3. The van der Waals surface area contributed by atoms with Crippen LogP contribution in [0, 0.1) is 0 Å². The number of methoxy groups -OCH3 is 1. The van der Waals surface area contributed by atoms with Crippen LogP contribution in [0.5, 0.6) is 11.5 Å². The molecule has 1 atom stereocenters. The second-order valence-electron chi connectivity index (χ2n) is 7.86. The van der Waals surface area contributed by atoms with E-state index in [-0.39, 0.29) is 6.61 Å². The molecule has 0 amide bonds. The second kappa shape index (κ2) is 12.2. The molecule has 3 rings (SSSR count). The van der Waals surface area contributed by atoms with Crippen molar-refractivity contribution in [3.05, 3.63) is 35.4 Å². The Labute approximate surface area is 174 Å². The third kappa shape index (κ3) is 7.30. The SMILES string of the molecule is COc1cccc(CNCCC2=CCCCC2)c1OCC(O)CN1CCOCC1. The second-order valence-corrected chi connectivity index (χ2v) is 7.86. The highest BCUT2D eigenvalue weighted by atomic mass is 16.5. The van der Waals surface area contributed by atoms with Gasteiger partial charge in [-0.2, -0.15) is 0 Å². The Kier molecular flexibility index (Phi) is 9.28. The van der Waals surface area contributed by atoms with Gasteiger partial charge in [-0.15, -0.1) is 0 Å². The Bertz CT molecular complexity index is 644. The molecule has 1 aromatic rings. The van der Waals surface area contributed by atoms with Crippen molar-refractivity contribution in [1.82, 2.24) is 10.2 Å². The third-order valence-electron chi connectivity index (χ3n) is 5.60. The molecule has 1 unspecified atom stereocenters. The van der Waals surface area contributed by atoms with Gasteiger partial charge < -0.3 is 24.6 Å². The highest BCUT2D eigenvalue weighted by Crippen LogP contribution is 2.31. The van der Waals surface area contributed by atoms with Crippen LogP contribution in [-0.4, -0.2) is 69.2 Å². The molecular weight excluding hydrogens is 368 g/mol. The fourth-order valence-electron chi connectivity index (χ4n) is 3.94. The fraction of sp³-hybridized carbons (Fsp3) is 0.652. The van der Waals surface area contributed by atoms with E-state index in [1.54, 1.807) is 12.7 Å². The van der Waals surface area contributed by atoms with E-state index in [4.69, 9.17) is 14.2 Å². The molecular formula is C23H36N2O4. The normalized spacial score (nSPS) is 18.9. The molecule has 1 aliphatic heterocycles. The zero-order valence-electron chi connectivity index (χ0n) is 17.7. The van der Waals surface area contributed by atoms with E-state index in [0.717, 1.165) is 57.1 Å². The van der Waals surface area contributed by atoms with Crippen LogP contribution in [0.2, 0.25) is 0 Å². The van der Waals surface area contributed by atoms with Gasteiger partial charge in [-0.05, 0) is 44.7 Å². The molecule has 0 radical (unpaired) electrons. The molecule has 1 aromatic carbocycles. The highest BCUT2D eigenvalue weighted by molar-refractivity contribution is 5.46. The zero-order chi connectivity index (χ0) is 20.3. The summed E-state index contributed by atoms with van der Waals surface area (Å²) in [5.41, 5.74) is 2.64. The number of hydrogen-bond donors (Lipinski definition) is 2. The van der Waals surface area contributed by atoms with Crippen LogP contribution in [-0.2, 0) is 11.3 Å². The first-order chi connectivity index (χ1) is 14.3. The van der Waals surface area contributed by atoms with Gasteiger partial charge in [-0.1, -0.05) is 23.8 Å². The first-order valence-electron chi connectivity index (χ1n) is 10.9. The summed E-state index contributed by atoms with van der Waals surface area (Å²) in [4.78, 5) is 2.21. The molecule has 1 fully saturated rings. The molecule has 0 bridgehead atoms. The topological polar surface area (TPSA) is 63.2 Å². The summed E-state index contributed by atoms with van der Waals surface area (Å²) in [6.07, 6.45) is 8.11. The third-order valence-corrected chi connectivity index (χ3v) is 5.60. The van der Waals surface area contributed by atoms with E-state index in [9.17, 15) is 5.11 Å². The van der Waals surface area contributed by atoms with Gasteiger partial charge in [0.1, 0.15) is 12.7 Å². The number of nitrogens with zero attached hydrogens (tertiary/aromatic N) is 1. The van der Waals surface area contributed by atoms with E-state index in [1.165, 1.54) is 25.7 Å². The lowest BCUT2D eigenvalue weighted by atomic mass is 9.97. The molecule has 1 aliphatic carbocycles. The average Bonchev–Trinajstić information content (AvgIpc) is 2.77. The Hall–Kier alpha value is -1.60. The number of β-amino-alcohol motifs (C(OH)–C–C–N with tert-alkyl or cyclic N) is 1. The van der Waals surface area contributed by atoms with Crippen LogP contribution in [0.1, 0.15) is 37.7 Å². The molecule has 2 N–H and O–H groups in total. The Morgan fingerprint density at radius 2 is 2.10 bits per heavy atom. The number of morpholine rings is 1. The number of rotatable bonds is 11. The molecule has 162 valence electrons. The lowest BCUT2D eigenvalue weighted by Gasteiger charge is -2.28. The van der Waals surface area contributed by atoms with E-state index in [2.05, 4.69) is 22.4 Å². The van der Waals surface area contributed by atoms with Gasteiger partial charge >= 0.3 is 0 Å². The summed E-state index contributed by atoms with van der Waals surface area (Å²) < 4.78 is 16.9. The maximum absolute atomic E-state index is 10.4. The summed E-state index contributed by atoms with van der Waals surface area (Å²) in [5.74, 6) is 1.43. The number of para-hydroxylation sites is 1.